The van der Waals surface area contributed by atoms with E-state index in [2.05, 4.69) is 4.72 Å². The van der Waals surface area contributed by atoms with Gasteiger partial charge in [-0.15, -0.1) is 0 Å². The van der Waals surface area contributed by atoms with Crippen LogP contribution in [0.5, 0.6) is 5.75 Å². The topological polar surface area (TPSA) is 98.5 Å². The van der Waals surface area contributed by atoms with Crippen LogP contribution in [0.15, 0.2) is 53.4 Å². The highest BCUT2D eigenvalue weighted by Crippen LogP contribution is 2.29. The molecule has 1 atom stereocenters. The smallest absolute Gasteiger partial charge is 0.416 e. The zero-order valence-electron chi connectivity index (χ0n) is 16.3. The molecule has 0 aliphatic heterocycles. The zero-order valence-corrected chi connectivity index (χ0v) is 17.1. The molecule has 0 heterocycles. The number of carbonyl (C=O) groups excluding carboxylic acids is 1. The van der Waals surface area contributed by atoms with E-state index in [1.807, 2.05) is 0 Å². The predicted octanol–water partition coefficient (Wildman–Crippen LogP) is 2.91. The number of rotatable bonds is 10. The van der Waals surface area contributed by atoms with Crippen LogP contribution >= 0.6 is 0 Å². The van der Waals surface area contributed by atoms with Gasteiger partial charge in [0.05, 0.1) is 23.1 Å². The molecule has 0 radical (unpaired) electrons. The van der Waals surface area contributed by atoms with E-state index >= 15 is 0 Å². The van der Waals surface area contributed by atoms with Crippen LogP contribution in [-0.4, -0.2) is 33.4 Å². The average molecular weight is 444 g/mol. The molecule has 0 fully saturated rings. The number of sulfonamides is 1. The molecule has 0 aliphatic rings. The third-order valence-electron chi connectivity index (χ3n) is 4.25. The van der Waals surface area contributed by atoms with E-state index in [1.54, 1.807) is 31.2 Å². The van der Waals surface area contributed by atoms with Crippen molar-refractivity contribution in [1.82, 2.24) is 4.72 Å². The van der Waals surface area contributed by atoms with Gasteiger partial charge in [0.15, 0.2) is 5.78 Å². The summed E-state index contributed by atoms with van der Waals surface area (Å²) in [6.07, 6.45) is -3.93. The summed E-state index contributed by atoms with van der Waals surface area (Å²) >= 11 is 0. The fraction of sp³-hybridized carbons (Fsp3) is 0.350. The number of hydrogen-bond donors (Lipinski definition) is 2. The zero-order chi connectivity index (χ0) is 22.4. The highest BCUT2D eigenvalue weighted by molar-refractivity contribution is 7.89. The molecule has 0 saturated heterocycles. The number of nitrogens with one attached hydrogen (secondary N) is 1. The summed E-state index contributed by atoms with van der Waals surface area (Å²) in [6.45, 7) is 1.90. The minimum Gasteiger partial charge on any atom is -0.493 e. The first kappa shape index (κ1) is 23.8. The van der Waals surface area contributed by atoms with Crippen molar-refractivity contribution in [3.8, 4) is 5.75 Å². The molecule has 0 saturated carbocycles. The molecule has 0 aliphatic carbocycles. The van der Waals surface area contributed by atoms with Crippen molar-refractivity contribution in [2.45, 2.75) is 36.9 Å². The first-order chi connectivity index (χ1) is 14.0. The number of benzene rings is 2. The highest BCUT2D eigenvalue weighted by atomic mass is 32.2. The minimum atomic E-state index is -4.52. The second kappa shape index (κ2) is 10.1. The number of alkyl halides is 3. The molecular weight excluding hydrogens is 421 g/mol. The molecule has 2 aromatic carbocycles. The van der Waals surface area contributed by atoms with E-state index in [-0.39, 0.29) is 30.3 Å². The minimum absolute atomic E-state index is 0.0758. The maximum absolute atomic E-state index is 12.6. The van der Waals surface area contributed by atoms with Gasteiger partial charge in [0.25, 0.3) is 0 Å². The molecular formula is C20H23F3N2O4S. The van der Waals surface area contributed by atoms with E-state index in [9.17, 15) is 26.4 Å². The number of Topliss-reactive ketones (excluding diaryl/α,β-unsaturated/α-hetero) is 1. The number of nitrogens with two attached hydrogens (primary N) is 1. The van der Waals surface area contributed by atoms with E-state index in [1.165, 1.54) is 0 Å². The van der Waals surface area contributed by atoms with Gasteiger partial charge in [-0.1, -0.05) is 12.1 Å². The summed E-state index contributed by atoms with van der Waals surface area (Å²) in [6, 6.07) is 9.71. The van der Waals surface area contributed by atoms with Gasteiger partial charge in [-0.25, -0.2) is 13.1 Å². The molecule has 30 heavy (non-hydrogen) atoms. The van der Waals surface area contributed by atoms with E-state index in [0.29, 0.717) is 12.2 Å². The van der Waals surface area contributed by atoms with Crippen LogP contribution in [0.2, 0.25) is 0 Å². The summed E-state index contributed by atoms with van der Waals surface area (Å²) in [5.74, 6) is 0.480. The van der Waals surface area contributed by atoms with Crippen LogP contribution in [0.1, 0.15) is 24.5 Å². The van der Waals surface area contributed by atoms with Gasteiger partial charge in [0.1, 0.15) is 5.75 Å². The van der Waals surface area contributed by atoms with Gasteiger partial charge in [-0.05, 0) is 55.3 Å². The second-order valence-corrected chi connectivity index (χ2v) is 8.43. The van der Waals surface area contributed by atoms with Crippen molar-refractivity contribution < 1.29 is 31.1 Å². The fourth-order valence-corrected chi connectivity index (χ4v) is 3.52. The van der Waals surface area contributed by atoms with Gasteiger partial charge >= 0.3 is 6.18 Å². The Morgan fingerprint density at radius 1 is 1.10 bits per heavy atom. The lowest BCUT2D eigenvalue weighted by Crippen LogP contribution is -2.27. The van der Waals surface area contributed by atoms with E-state index in [0.717, 1.165) is 29.8 Å². The summed E-state index contributed by atoms with van der Waals surface area (Å²) in [4.78, 5) is 11.2. The molecule has 2 rings (SSSR count). The Morgan fingerprint density at radius 3 is 2.23 bits per heavy atom. The van der Waals surface area contributed by atoms with Crippen LogP contribution in [0, 0.1) is 0 Å². The SMILES string of the molecule is C[C@H](N)C(=O)CCOc1ccc(CCNS(=O)(=O)c2ccc(C(F)(F)F)cc2)cc1. The van der Waals surface area contributed by atoms with Gasteiger partial charge in [0, 0.05) is 13.0 Å². The lowest BCUT2D eigenvalue weighted by molar-refractivity contribution is -0.137. The second-order valence-electron chi connectivity index (χ2n) is 6.67. The van der Waals surface area contributed by atoms with E-state index < -0.39 is 27.8 Å². The third-order valence-corrected chi connectivity index (χ3v) is 5.72. The summed E-state index contributed by atoms with van der Waals surface area (Å²) < 4.78 is 70.0. The number of ketones is 1. The van der Waals surface area contributed by atoms with Crippen molar-refractivity contribution in [3.05, 3.63) is 59.7 Å². The molecule has 0 aromatic heterocycles. The summed E-state index contributed by atoms with van der Waals surface area (Å²) in [5, 5.41) is 0. The Balaban J connectivity index is 1.83. The third kappa shape index (κ3) is 7.12. The Hall–Kier alpha value is -2.43. The summed E-state index contributed by atoms with van der Waals surface area (Å²) in [7, 11) is -3.91. The highest BCUT2D eigenvalue weighted by Gasteiger charge is 2.30. The van der Waals surface area contributed by atoms with Gasteiger partial charge in [-0.3, -0.25) is 4.79 Å². The molecule has 3 N–H and O–H groups in total. The van der Waals surface area contributed by atoms with Crippen LogP contribution in [0.25, 0.3) is 0 Å². The Kier molecular flexibility index (Phi) is 7.99. The molecule has 6 nitrogen and oxygen atoms in total. The lowest BCUT2D eigenvalue weighted by Gasteiger charge is -2.10. The Morgan fingerprint density at radius 2 is 1.70 bits per heavy atom. The average Bonchev–Trinajstić information content (AvgIpc) is 2.68. The maximum atomic E-state index is 12.6. The number of ether oxygens (including phenoxy) is 1. The molecule has 10 heteroatoms. The maximum Gasteiger partial charge on any atom is 0.416 e. The van der Waals surface area contributed by atoms with Gasteiger partial charge in [0.2, 0.25) is 10.0 Å². The molecule has 0 unspecified atom stereocenters. The first-order valence-corrected chi connectivity index (χ1v) is 10.6. The monoisotopic (exact) mass is 444 g/mol. The predicted molar refractivity (Wildman–Crippen MR) is 106 cm³/mol. The van der Waals surface area contributed by atoms with Gasteiger partial charge < -0.3 is 10.5 Å². The lowest BCUT2D eigenvalue weighted by atomic mass is 10.1. The molecule has 0 spiro atoms. The number of carbonyl (C=O) groups is 1. The van der Waals surface area contributed by atoms with E-state index in [4.69, 9.17) is 10.5 Å². The summed E-state index contributed by atoms with van der Waals surface area (Å²) in [5.41, 5.74) is 5.40. The molecule has 164 valence electrons. The van der Waals surface area contributed by atoms with Crippen LogP contribution in [0.4, 0.5) is 13.2 Å². The Labute approximate surface area is 173 Å². The molecule has 2 aromatic rings. The van der Waals surface area contributed by atoms with Crippen molar-refractivity contribution in [2.24, 2.45) is 5.73 Å². The molecule has 0 bridgehead atoms. The van der Waals surface area contributed by atoms with Crippen LogP contribution < -0.4 is 15.2 Å². The van der Waals surface area contributed by atoms with Gasteiger partial charge in [-0.2, -0.15) is 13.2 Å². The van der Waals surface area contributed by atoms with Crippen LogP contribution in [-0.2, 0) is 27.4 Å². The quantitative estimate of drug-likeness (QED) is 0.587. The normalized spacial score (nSPS) is 13.1. The molecule has 0 amide bonds. The van der Waals surface area contributed by atoms with Crippen LogP contribution in [0.3, 0.4) is 0 Å². The standard InChI is InChI=1S/C20H23F3N2O4S/c1-14(24)19(26)11-13-29-17-6-2-15(3-7-17)10-12-25-30(27,28)18-8-4-16(5-9-18)20(21,22)23/h2-9,14,25H,10-13,24H2,1H3/t14-/m0/s1. The van der Waals surface area contributed by atoms with Crippen molar-refractivity contribution in [1.29, 1.82) is 0 Å². The largest absolute Gasteiger partial charge is 0.493 e. The van der Waals surface area contributed by atoms with Crippen molar-refractivity contribution >= 4 is 15.8 Å². The number of halogens is 3. The Bertz CT molecular complexity index is 942. The van der Waals surface area contributed by atoms with Crippen molar-refractivity contribution in [2.75, 3.05) is 13.2 Å². The number of hydrogen-bond acceptors (Lipinski definition) is 5. The first-order valence-electron chi connectivity index (χ1n) is 9.16. The fourth-order valence-electron chi connectivity index (χ4n) is 2.49. The van der Waals surface area contributed by atoms with Crippen molar-refractivity contribution in [3.63, 3.8) is 0 Å².